The highest BCUT2D eigenvalue weighted by atomic mass is 15.2. The van der Waals surface area contributed by atoms with E-state index in [9.17, 15) is 0 Å². The number of piperazine rings is 1. The highest BCUT2D eigenvalue weighted by Crippen LogP contribution is 2.07. The lowest BCUT2D eigenvalue weighted by molar-refractivity contribution is 0.207. The summed E-state index contributed by atoms with van der Waals surface area (Å²) in [6, 6.07) is 11.1. The van der Waals surface area contributed by atoms with E-state index in [1.807, 2.05) is 0 Å². The van der Waals surface area contributed by atoms with Gasteiger partial charge in [-0.05, 0) is 12.0 Å². The predicted octanol–water partition coefficient (Wildman–Crippen LogP) is 1.42. The lowest BCUT2D eigenvalue weighted by atomic mass is 10.0. The van der Waals surface area contributed by atoms with Crippen LogP contribution in [0.2, 0.25) is 0 Å². The monoisotopic (exact) mass is 229 g/mol. The SMILES string of the molecule is [C-]#[N+]CCN1CCN[C@@H](Cc2ccccc2)C1. The Balaban J connectivity index is 1.83. The molecule has 1 aromatic carbocycles. The van der Waals surface area contributed by atoms with Crippen molar-refractivity contribution in [2.24, 2.45) is 0 Å². The molecule has 1 heterocycles. The Morgan fingerprint density at radius 2 is 2.18 bits per heavy atom. The Labute approximate surface area is 103 Å². The van der Waals surface area contributed by atoms with Gasteiger partial charge in [0.1, 0.15) is 0 Å². The standard InChI is InChI=1S/C14H19N3/c1-15-7-9-17-10-8-16-14(12-17)11-13-5-3-2-4-6-13/h2-6,14,16H,7-12H2/t14-/m0/s1. The van der Waals surface area contributed by atoms with Crippen LogP contribution in [0.15, 0.2) is 30.3 Å². The van der Waals surface area contributed by atoms with Gasteiger partial charge in [0.15, 0.2) is 0 Å². The molecular formula is C14H19N3. The third-order valence-corrected chi connectivity index (χ3v) is 3.19. The zero-order valence-corrected chi connectivity index (χ0v) is 10.1. The highest BCUT2D eigenvalue weighted by Gasteiger charge is 2.19. The average molecular weight is 229 g/mol. The molecule has 1 saturated heterocycles. The van der Waals surface area contributed by atoms with E-state index in [-0.39, 0.29) is 0 Å². The van der Waals surface area contributed by atoms with Gasteiger partial charge in [0.2, 0.25) is 6.54 Å². The second-order valence-electron chi connectivity index (χ2n) is 4.52. The smallest absolute Gasteiger partial charge is 0.227 e. The molecule has 0 radical (unpaired) electrons. The maximum Gasteiger partial charge on any atom is 0.227 e. The molecule has 0 unspecified atom stereocenters. The molecule has 0 aliphatic carbocycles. The highest BCUT2D eigenvalue weighted by molar-refractivity contribution is 5.16. The molecule has 0 spiro atoms. The van der Waals surface area contributed by atoms with Crippen LogP contribution in [0.25, 0.3) is 4.85 Å². The summed E-state index contributed by atoms with van der Waals surface area (Å²) < 4.78 is 0. The van der Waals surface area contributed by atoms with Crippen molar-refractivity contribution in [2.45, 2.75) is 12.5 Å². The normalized spacial score (nSPS) is 21.0. The van der Waals surface area contributed by atoms with Crippen LogP contribution < -0.4 is 5.32 Å². The fraction of sp³-hybridized carbons (Fsp3) is 0.500. The van der Waals surface area contributed by atoms with Crippen LogP contribution in [0.4, 0.5) is 0 Å². The van der Waals surface area contributed by atoms with Crippen molar-refractivity contribution in [2.75, 3.05) is 32.7 Å². The van der Waals surface area contributed by atoms with Crippen molar-refractivity contribution in [3.8, 4) is 0 Å². The summed E-state index contributed by atoms with van der Waals surface area (Å²) in [6.07, 6.45) is 1.08. The first-order valence-electron chi connectivity index (χ1n) is 6.21. The van der Waals surface area contributed by atoms with Gasteiger partial charge >= 0.3 is 0 Å². The first-order chi connectivity index (χ1) is 8.38. The van der Waals surface area contributed by atoms with E-state index in [1.165, 1.54) is 5.56 Å². The number of nitrogens with one attached hydrogen (secondary N) is 1. The second kappa shape index (κ2) is 6.39. The van der Waals surface area contributed by atoms with E-state index in [1.54, 1.807) is 0 Å². The zero-order chi connectivity index (χ0) is 11.9. The number of hydrogen-bond donors (Lipinski definition) is 1. The predicted molar refractivity (Wildman–Crippen MR) is 69.8 cm³/mol. The summed E-state index contributed by atoms with van der Waals surface area (Å²) in [5.41, 5.74) is 1.39. The molecule has 0 aromatic heterocycles. The van der Waals surface area contributed by atoms with Crippen LogP contribution in [0, 0.1) is 6.57 Å². The molecule has 1 aliphatic rings. The maximum absolute atomic E-state index is 6.83. The van der Waals surface area contributed by atoms with Crippen molar-refractivity contribution in [3.05, 3.63) is 47.3 Å². The summed E-state index contributed by atoms with van der Waals surface area (Å²) >= 11 is 0. The Morgan fingerprint density at radius 3 is 2.94 bits per heavy atom. The molecule has 1 aromatic rings. The largest absolute Gasteiger partial charge is 0.316 e. The minimum absolute atomic E-state index is 0.525. The minimum atomic E-state index is 0.525. The molecule has 2 rings (SSSR count). The molecule has 1 aliphatic heterocycles. The van der Waals surface area contributed by atoms with E-state index in [4.69, 9.17) is 6.57 Å². The Hall–Kier alpha value is -1.37. The van der Waals surface area contributed by atoms with Crippen LogP contribution in [0.3, 0.4) is 0 Å². The van der Waals surface area contributed by atoms with Gasteiger partial charge in [0.05, 0.1) is 6.54 Å². The molecule has 1 fully saturated rings. The van der Waals surface area contributed by atoms with Crippen molar-refractivity contribution < 1.29 is 0 Å². The van der Waals surface area contributed by atoms with Gasteiger partial charge in [-0.2, -0.15) is 0 Å². The van der Waals surface area contributed by atoms with E-state index >= 15 is 0 Å². The Kier molecular flexibility index (Phi) is 4.54. The molecular weight excluding hydrogens is 210 g/mol. The van der Waals surface area contributed by atoms with Crippen molar-refractivity contribution in [1.82, 2.24) is 10.2 Å². The summed E-state index contributed by atoms with van der Waals surface area (Å²) in [4.78, 5) is 5.82. The molecule has 0 amide bonds. The van der Waals surface area contributed by atoms with Crippen LogP contribution in [0.5, 0.6) is 0 Å². The molecule has 0 saturated carbocycles. The van der Waals surface area contributed by atoms with Crippen molar-refractivity contribution in [3.63, 3.8) is 0 Å². The van der Waals surface area contributed by atoms with Crippen LogP contribution in [-0.4, -0.2) is 43.7 Å². The number of nitrogens with zero attached hydrogens (tertiary/aromatic N) is 2. The Bertz CT molecular complexity index is 369. The first-order valence-corrected chi connectivity index (χ1v) is 6.21. The molecule has 0 bridgehead atoms. The number of rotatable bonds is 4. The molecule has 1 N–H and O–H groups in total. The molecule has 17 heavy (non-hydrogen) atoms. The Morgan fingerprint density at radius 1 is 1.35 bits per heavy atom. The van der Waals surface area contributed by atoms with Gasteiger partial charge < -0.3 is 10.2 Å². The fourth-order valence-corrected chi connectivity index (χ4v) is 2.32. The summed E-state index contributed by atoms with van der Waals surface area (Å²) in [7, 11) is 0. The van der Waals surface area contributed by atoms with Crippen molar-refractivity contribution >= 4 is 0 Å². The van der Waals surface area contributed by atoms with Crippen molar-refractivity contribution in [1.29, 1.82) is 0 Å². The van der Waals surface area contributed by atoms with Crippen LogP contribution in [-0.2, 0) is 6.42 Å². The molecule has 3 heteroatoms. The van der Waals surface area contributed by atoms with Gasteiger partial charge in [-0.25, -0.2) is 6.57 Å². The topological polar surface area (TPSA) is 19.6 Å². The van der Waals surface area contributed by atoms with E-state index in [0.717, 1.165) is 32.6 Å². The quantitative estimate of drug-likeness (QED) is 0.788. The van der Waals surface area contributed by atoms with E-state index in [2.05, 4.69) is 45.4 Å². The lowest BCUT2D eigenvalue weighted by Gasteiger charge is -2.32. The third-order valence-electron chi connectivity index (χ3n) is 3.19. The zero-order valence-electron chi connectivity index (χ0n) is 10.1. The average Bonchev–Trinajstić information content (AvgIpc) is 2.38. The summed E-state index contributed by atoms with van der Waals surface area (Å²) in [6.45, 7) is 11.5. The number of benzene rings is 1. The van der Waals surface area contributed by atoms with Crippen LogP contribution >= 0.6 is 0 Å². The summed E-state index contributed by atoms with van der Waals surface area (Å²) in [5, 5.41) is 3.55. The molecule has 3 nitrogen and oxygen atoms in total. The fourth-order valence-electron chi connectivity index (χ4n) is 2.32. The van der Waals surface area contributed by atoms with Gasteiger partial charge in [-0.15, -0.1) is 0 Å². The van der Waals surface area contributed by atoms with Gasteiger partial charge in [-0.3, -0.25) is 4.90 Å². The lowest BCUT2D eigenvalue weighted by Crippen LogP contribution is -2.51. The molecule has 1 atom stereocenters. The van der Waals surface area contributed by atoms with Gasteiger partial charge in [0, 0.05) is 25.7 Å². The van der Waals surface area contributed by atoms with E-state index in [0.29, 0.717) is 12.6 Å². The second-order valence-corrected chi connectivity index (χ2v) is 4.52. The third kappa shape index (κ3) is 3.85. The number of hydrogen-bond acceptors (Lipinski definition) is 2. The van der Waals surface area contributed by atoms with Gasteiger partial charge in [-0.1, -0.05) is 30.3 Å². The first kappa shape index (κ1) is 12.1. The van der Waals surface area contributed by atoms with Crippen LogP contribution in [0.1, 0.15) is 5.56 Å². The summed E-state index contributed by atoms with van der Waals surface area (Å²) in [5.74, 6) is 0. The van der Waals surface area contributed by atoms with E-state index < -0.39 is 0 Å². The van der Waals surface area contributed by atoms with Gasteiger partial charge in [0.25, 0.3) is 0 Å². The maximum atomic E-state index is 6.83. The minimum Gasteiger partial charge on any atom is -0.316 e. The molecule has 90 valence electrons.